The molecule has 4 heterocycles. The van der Waals surface area contributed by atoms with E-state index in [0.29, 0.717) is 18.8 Å². The zero-order chi connectivity index (χ0) is 22.9. The zero-order valence-electron chi connectivity index (χ0n) is 19.3. The predicted molar refractivity (Wildman–Crippen MR) is 126 cm³/mol. The number of anilines is 1. The summed E-state index contributed by atoms with van der Waals surface area (Å²) in [5.74, 6) is -0.124. The highest BCUT2D eigenvalue weighted by molar-refractivity contribution is 6.02. The minimum Gasteiger partial charge on any atom is -0.395 e. The van der Waals surface area contributed by atoms with Crippen LogP contribution in [-0.2, 0) is 16.6 Å². The third-order valence-corrected chi connectivity index (χ3v) is 7.49. The van der Waals surface area contributed by atoms with E-state index in [1.807, 2.05) is 11.7 Å². The number of amides is 2. The zero-order valence-corrected chi connectivity index (χ0v) is 19.3. The maximum atomic E-state index is 12.4. The number of nitrogens with one attached hydrogen (secondary N) is 2. The van der Waals surface area contributed by atoms with E-state index >= 15 is 0 Å². The number of aliphatic hydroxyl groups is 1. The summed E-state index contributed by atoms with van der Waals surface area (Å²) in [4.78, 5) is 28.8. The highest BCUT2D eigenvalue weighted by Crippen LogP contribution is 2.33. The Morgan fingerprint density at radius 1 is 1.15 bits per heavy atom. The molecule has 9 nitrogen and oxygen atoms in total. The van der Waals surface area contributed by atoms with Crippen molar-refractivity contribution < 1.29 is 14.7 Å². The number of imide groups is 1. The molecule has 0 spiro atoms. The van der Waals surface area contributed by atoms with Crippen LogP contribution in [-0.4, -0.2) is 83.5 Å². The molecule has 0 bridgehead atoms. The number of piperidine rings is 2. The molecule has 9 heteroatoms. The largest absolute Gasteiger partial charge is 0.395 e. The Labute approximate surface area is 194 Å². The predicted octanol–water partition coefficient (Wildman–Crippen LogP) is 0.576. The second-order valence-electron chi connectivity index (χ2n) is 9.74. The van der Waals surface area contributed by atoms with Gasteiger partial charge in [0.15, 0.2) is 0 Å². The Kier molecular flexibility index (Phi) is 6.36. The molecule has 2 unspecified atom stereocenters. The van der Waals surface area contributed by atoms with Gasteiger partial charge in [0, 0.05) is 69.9 Å². The number of aliphatic hydroxyl groups excluding tert-OH is 1. The van der Waals surface area contributed by atoms with Crippen molar-refractivity contribution in [1.82, 2.24) is 25.3 Å². The molecule has 0 radical (unpaired) electrons. The van der Waals surface area contributed by atoms with E-state index in [4.69, 9.17) is 0 Å². The van der Waals surface area contributed by atoms with Crippen LogP contribution in [0.4, 0.5) is 5.69 Å². The van der Waals surface area contributed by atoms with E-state index in [2.05, 4.69) is 43.7 Å². The highest BCUT2D eigenvalue weighted by Gasteiger charge is 2.32. The van der Waals surface area contributed by atoms with Crippen molar-refractivity contribution in [3.8, 4) is 0 Å². The van der Waals surface area contributed by atoms with Crippen LogP contribution in [0.3, 0.4) is 0 Å². The van der Waals surface area contributed by atoms with Crippen LogP contribution >= 0.6 is 0 Å². The fraction of sp³-hybridized carbons (Fsp3) is 0.625. The number of fused-ring (bicyclic) bond motifs is 1. The Morgan fingerprint density at radius 3 is 2.73 bits per heavy atom. The Balaban J connectivity index is 1.24. The lowest BCUT2D eigenvalue weighted by atomic mass is 9.92. The summed E-state index contributed by atoms with van der Waals surface area (Å²) in [6.45, 7) is 6.33. The van der Waals surface area contributed by atoms with E-state index in [9.17, 15) is 14.7 Å². The number of rotatable bonds is 5. The van der Waals surface area contributed by atoms with Crippen LogP contribution < -0.4 is 15.5 Å². The van der Waals surface area contributed by atoms with E-state index in [-0.39, 0.29) is 30.4 Å². The monoisotopic (exact) mass is 454 g/mol. The van der Waals surface area contributed by atoms with Gasteiger partial charge < -0.3 is 20.2 Å². The van der Waals surface area contributed by atoms with Crippen molar-refractivity contribution in [2.24, 2.45) is 13.0 Å². The number of piperazine rings is 1. The van der Waals surface area contributed by atoms with Gasteiger partial charge in [0.05, 0.1) is 23.7 Å². The van der Waals surface area contributed by atoms with Crippen molar-refractivity contribution >= 4 is 28.4 Å². The molecule has 2 aromatic rings. The fourth-order valence-electron chi connectivity index (χ4n) is 5.60. The van der Waals surface area contributed by atoms with Crippen LogP contribution in [0.25, 0.3) is 10.9 Å². The number of aromatic nitrogens is 2. The standard InChI is InChI=1S/C24H34N6O3/c1-28-21-12-18(2-3-19(21)23(27-28)20-4-5-22(32)26-24(20)33)30-9-6-16(7-10-30)13-29-11-8-25-17(14-29)15-31/h2-3,12,16-17,20,25,31H,4-11,13-15H2,1H3,(H,26,32,33). The second-order valence-corrected chi connectivity index (χ2v) is 9.74. The van der Waals surface area contributed by atoms with Gasteiger partial charge in [-0.1, -0.05) is 0 Å². The first-order valence-corrected chi connectivity index (χ1v) is 12.1. The first-order valence-electron chi connectivity index (χ1n) is 12.1. The molecular weight excluding hydrogens is 420 g/mol. The summed E-state index contributed by atoms with van der Waals surface area (Å²) in [6.07, 6.45) is 3.20. The van der Waals surface area contributed by atoms with Gasteiger partial charge in [-0.05, 0) is 43.4 Å². The van der Waals surface area contributed by atoms with Gasteiger partial charge in [0.25, 0.3) is 0 Å². The number of carbonyl (C=O) groups is 2. The van der Waals surface area contributed by atoms with Gasteiger partial charge in [-0.3, -0.25) is 19.6 Å². The molecule has 1 aromatic carbocycles. The minimum absolute atomic E-state index is 0.202. The van der Waals surface area contributed by atoms with Gasteiger partial charge in [0.1, 0.15) is 0 Å². The molecule has 33 heavy (non-hydrogen) atoms. The van der Waals surface area contributed by atoms with Gasteiger partial charge >= 0.3 is 0 Å². The summed E-state index contributed by atoms with van der Waals surface area (Å²) in [6, 6.07) is 6.61. The molecule has 0 saturated carbocycles. The molecule has 5 rings (SSSR count). The Morgan fingerprint density at radius 2 is 1.97 bits per heavy atom. The van der Waals surface area contributed by atoms with E-state index in [1.165, 1.54) is 18.5 Å². The number of benzene rings is 1. The van der Waals surface area contributed by atoms with E-state index < -0.39 is 0 Å². The smallest absolute Gasteiger partial charge is 0.235 e. The normalized spacial score (nSPS) is 25.6. The second kappa shape index (κ2) is 9.40. The molecule has 3 saturated heterocycles. The summed E-state index contributed by atoms with van der Waals surface area (Å²) >= 11 is 0. The average molecular weight is 455 g/mol. The van der Waals surface area contributed by atoms with E-state index in [0.717, 1.165) is 55.9 Å². The number of nitrogens with zero attached hydrogens (tertiary/aromatic N) is 4. The van der Waals surface area contributed by atoms with Gasteiger partial charge in [-0.2, -0.15) is 5.10 Å². The Bertz CT molecular complexity index is 1030. The van der Waals surface area contributed by atoms with Gasteiger partial charge in [-0.15, -0.1) is 0 Å². The fourth-order valence-corrected chi connectivity index (χ4v) is 5.60. The molecule has 178 valence electrons. The topological polar surface area (TPSA) is 103 Å². The Hall–Kier alpha value is -2.49. The van der Waals surface area contributed by atoms with Crippen LogP contribution in [0.2, 0.25) is 0 Å². The number of hydrogen-bond donors (Lipinski definition) is 3. The quantitative estimate of drug-likeness (QED) is 0.568. The first kappa shape index (κ1) is 22.3. The lowest BCUT2D eigenvalue weighted by Crippen LogP contribution is -2.53. The molecule has 2 atom stereocenters. The van der Waals surface area contributed by atoms with Crippen molar-refractivity contribution in [3.05, 3.63) is 23.9 Å². The minimum atomic E-state index is -0.372. The molecule has 3 fully saturated rings. The van der Waals surface area contributed by atoms with Crippen molar-refractivity contribution in [2.75, 3.05) is 50.8 Å². The van der Waals surface area contributed by atoms with Crippen molar-refractivity contribution in [2.45, 2.75) is 37.6 Å². The molecule has 3 aliphatic rings. The highest BCUT2D eigenvalue weighted by atomic mass is 16.3. The van der Waals surface area contributed by atoms with Crippen LogP contribution in [0.5, 0.6) is 0 Å². The van der Waals surface area contributed by atoms with Gasteiger partial charge in [0.2, 0.25) is 11.8 Å². The molecular formula is C24H34N6O3. The van der Waals surface area contributed by atoms with Crippen LogP contribution in [0, 0.1) is 5.92 Å². The SMILES string of the molecule is Cn1nc(C2CCC(=O)NC2=O)c2ccc(N3CCC(CN4CCNC(CO)C4)CC3)cc21. The molecule has 1 aromatic heterocycles. The molecule has 3 N–H and O–H groups in total. The molecule has 3 aliphatic heterocycles. The number of hydrogen-bond acceptors (Lipinski definition) is 7. The average Bonchev–Trinajstić information content (AvgIpc) is 3.15. The van der Waals surface area contributed by atoms with Crippen molar-refractivity contribution in [1.29, 1.82) is 0 Å². The molecule has 0 aliphatic carbocycles. The summed E-state index contributed by atoms with van der Waals surface area (Å²) in [7, 11) is 1.92. The van der Waals surface area contributed by atoms with E-state index in [1.54, 1.807) is 0 Å². The van der Waals surface area contributed by atoms with Crippen LogP contribution in [0.15, 0.2) is 18.2 Å². The van der Waals surface area contributed by atoms with Gasteiger partial charge in [-0.25, -0.2) is 0 Å². The summed E-state index contributed by atoms with van der Waals surface area (Å²) in [5.41, 5.74) is 2.98. The third kappa shape index (κ3) is 4.62. The first-order chi connectivity index (χ1) is 16.0. The maximum absolute atomic E-state index is 12.4. The lowest BCUT2D eigenvalue weighted by Gasteiger charge is -2.38. The third-order valence-electron chi connectivity index (χ3n) is 7.49. The van der Waals surface area contributed by atoms with Crippen LogP contribution in [0.1, 0.15) is 37.3 Å². The lowest BCUT2D eigenvalue weighted by molar-refractivity contribution is -0.134. The number of aryl methyl sites for hydroxylation is 1. The summed E-state index contributed by atoms with van der Waals surface area (Å²) in [5, 5.41) is 20.9. The maximum Gasteiger partial charge on any atom is 0.235 e. The van der Waals surface area contributed by atoms with Crippen molar-refractivity contribution in [3.63, 3.8) is 0 Å². The molecule has 2 amide bonds. The number of carbonyl (C=O) groups excluding carboxylic acids is 2. The summed E-state index contributed by atoms with van der Waals surface area (Å²) < 4.78 is 1.85.